The van der Waals surface area contributed by atoms with Crippen molar-refractivity contribution in [1.29, 1.82) is 0 Å². The molecule has 0 saturated carbocycles. The molecule has 0 aromatic rings. The van der Waals surface area contributed by atoms with E-state index in [1.807, 2.05) is 4.90 Å². The van der Waals surface area contributed by atoms with Crippen LogP contribution in [-0.2, 0) is 4.79 Å². The molecule has 1 amide bonds. The van der Waals surface area contributed by atoms with Gasteiger partial charge in [0.2, 0.25) is 5.91 Å². The third kappa shape index (κ3) is 2.68. The van der Waals surface area contributed by atoms with Crippen LogP contribution in [0.2, 0.25) is 0 Å². The molecule has 1 saturated heterocycles. The van der Waals surface area contributed by atoms with Crippen LogP contribution in [0.25, 0.3) is 0 Å². The van der Waals surface area contributed by atoms with Crippen LogP contribution in [0.3, 0.4) is 0 Å². The molecule has 2 N–H and O–H groups in total. The largest absolute Gasteiger partial charge is 0.392 e. The van der Waals surface area contributed by atoms with E-state index in [0.29, 0.717) is 4.99 Å². The molecule has 1 rings (SSSR count). The van der Waals surface area contributed by atoms with Crippen molar-refractivity contribution in [2.75, 3.05) is 6.54 Å². The quantitative estimate of drug-likeness (QED) is 0.745. The topological polar surface area (TPSA) is 46.3 Å². The van der Waals surface area contributed by atoms with Crippen molar-refractivity contribution in [1.82, 2.24) is 4.90 Å². The van der Waals surface area contributed by atoms with Gasteiger partial charge in [-0.2, -0.15) is 0 Å². The summed E-state index contributed by atoms with van der Waals surface area (Å²) in [5.74, 6) is 0.371. The van der Waals surface area contributed by atoms with Crippen molar-refractivity contribution in [3.8, 4) is 0 Å². The highest BCUT2D eigenvalue weighted by molar-refractivity contribution is 7.80. The number of rotatable bonds is 4. The first-order valence-electron chi connectivity index (χ1n) is 5.71. The minimum Gasteiger partial charge on any atom is -0.392 e. The van der Waals surface area contributed by atoms with Gasteiger partial charge in [0.05, 0.1) is 11.0 Å². The van der Waals surface area contributed by atoms with E-state index in [-0.39, 0.29) is 17.9 Å². The van der Waals surface area contributed by atoms with Gasteiger partial charge >= 0.3 is 0 Å². The van der Waals surface area contributed by atoms with E-state index >= 15 is 0 Å². The second-order valence-corrected chi connectivity index (χ2v) is 4.58. The number of carbonyl (C=O) groups excluding carboxylic acids is 1. The van der Waals surface area contributed by atoms with Crippen molar-refractivity contribution >= 4 is 23.1 Å². The summed E-state index contributed by atoms with van der Waals surface area (Å²) in [6, 6.07) is 0.00750. The first-order valence-corrected chi connectivity index (χ1v) is 6.12. The molecule has 1 unspecified atom stereocenters. The van der Waals surface area contributed by atoms with Crippen LogP contribution in [0.15, 0.2) is 0 Å². The number of nitrogens with two attached hydrogens (primary N) is 1. The van der Waals surface area contributed by atoms with E-state index in [1.165, 1.54) is 0 Å². The van der Waals surface area contributed by atoms with Crippen LogP contribution in [0.4, 0.5) is 0 Å². The molecule has 15 heavy (non-hydrogen) atoms. The zero-order valence-electron chi connectivity index (χ0n) is 9.53. The summed E-state index contributed by atoms with van der Waals surface area (Å²) in [7, 11) is 0. The standard InChI is InChI=1S/C11H20N2OS/c1-3-8(4-2)11(14)13-7-5-6-9(13)10(12)15/h8-9H,3-7H2,1-2H3,(H2,12,15). The van der Waals surface area contributed by atoms with Gasteiger partial charge in [0, 0.05) is 12.5 Å². The van der Waals surface area contributed by atoms with Crippen LogP contribution in [0.5, 0.6) is 0 Å². The maximum absolute atomic E-state index is 12.1. The normalized spacial score (nSPS) is 21.0. The van der Waals surface area contributed by atoms with Gasteiger partial charge < -0.3 is 10.6 Å². The molecule has 1 aliphatic heterocycles. The maximum Gasteiger partial charge on any atom is 0.226 e. The van der Waals surface area contributed by atoms with Crippen molar-refractivity contribution in [2.24, 2.45) is 11.7 Å². The molecule has 0 radical (unpaired) electrons. The first-order chi connectivity index (χ1) is 7.11. The van der Waals surface area contributed by atoms with Gasteiger partial charge in [-0.15, -0.1) is 0 Å². The molecule has 3 nitrogen and oxygen atoms in total. The lowest BCUT2D eigenvalue weighted by Crippen LogP contribution is -2.45. The Morgan fingerprint density at radius 2 is 2.13 bits per heavy atom. The fourth-order valence-electron chi connectivity index (χ4n) is 2.20. The van der Waals surface area contributed by atoms with Gasteiger partial charge in [-0.1, -0.05) is 26.1 Å². The molecule has 0 aliphatic carbocycles. The molecule has 0 aromatic carbocycles. The van der Waals surface area contributed by atoms with Crippen LogP contribution in [0.1, 0.15) is 39.5 Å². The Hall–Kier alpha value is -0.640. The summed E-state index contributed by atoms with van der Waals surface area (Å²) in [6.07, 6.45) is 3.75. The Morgan fingerprint density at radius 1 is 1.53 bits per heavy atom. The second-order valence-electron chi connectivity index (χ2n) is 4.11. The Balaban J connectivity index is 2.69. The Kier molecular flexibility index (Phi) is 4.51. The number of nitrogens with zero attached hydrogens (tertiary/aromatic N) is 1. The first kappa shape index (κ1) is 12.4. The molecule has 1 fully saturated rings. The number of thiocarbonyl (C=S) groups is 1. The van der Waals surface area contributed by atoms with E-state index in [0.717, 1.165) is 32.2 Å². The Labute approximate surface area is 97.0 Å². The van der Waals surface area contributed by atoms with Crippen molar-refractivity contribution < 1.29 is 4.79 Å². The van der Waals surface area contributed by atoms with Crippen molar-refractivity contribution in [3.05, 3.63) is 0 Å². The SMILES string of the molecule is CCC(CC)C(=O)N1CCCC1C(N)=S. The summed E-state index contributed by atoms with van der Waals surface area (Å²) in [5, 5.41) is 0. The van der Waals surface area contributed by atoms with E-state index in [4.69, 9.17) is 18.0 Å². The average molecular weight is 228 g/mol. The molecule has 1 atom stereocenters. The number of carbonyl (C=O) groups is 1. The van der Waals surface area contributed by atoms with Crippen LogP contribution < -0.4 is 5.73 Å². The van der Waals surface area contributed by atoms with Crippen LogP contribution in [0, 0.1) is 5.92 Å². The highest BCUT2D eigenvalue weighted by Gasteiger charge is 2.33. The van der Waals surface area contributed by atoms with Crippen molar-refractivity contribution in [2.45, 2.75) is 45.6 Å². The molecule has 1 aliphatic rings. The van der Waals surface area contributed by atoms with Gasteiger partial charge in [0.1, 0.15) is 0 Å². The number of likely N-dealkylation sites (tertiary alicyclic amines) is 1. The van der Waals surface area contributed by atoms with E-state index in [2.05, 4.69) is 13.8 Å². The molecular weight excluding hydrogens is 208 g/mol. The minimum absolute atomic E-state index is 0.00750. The Bertz CT molecular complexity index is 251. The Morgan fingerprint density at radius 3 is 2.60 bits per heavy atom. The summed E-state index contributed by atoms with van der Waals surface area (Å²) in [4.78, 5) is 14.5. The zero-order chi connectivity index (χ0) is 11.4. The van der Waals surface area contributed by atoms with Gasteiger partial charge in [-0.3, -0.25) is 4.79 Å². The zero-order valence-corrected chi connectivity index (χ0v) is 10.3. The molecule has 0 bridgehead atoms. The molecule has 0 spiro atoms. The minimum atomic E-state index is 0.00750. The van der Waals surface area contributed by atoms with E-state index in [9.17, 15) is 4.79 Å². The van der Waals surface area contributed by atoms with Crippen LogP contribution >= 0.6 is 12.2 Å². The monoisotopic (exact) mass is 228 g/mol. The number of amides is 1. The number of hydrogen-bond acceptors (Lipinski definition) is 2. The summed E-state index contributed by atoms with van der Waals surface area (Å²) >= 11 is 4.99. The van der Waals surface area contributed by atoms with Gasteiger partial charge in [0.25, 0.3) is 0 Å². The average Bonchev–Trinajstić information content (AvgIpc) is 2.67. The number of hydrogen-bond donors (Lipinski definition) is 1. The predicted molar refractivity (Wildman–Crippen MR) is 65.6 cm³/mol. The fraction of sp³-hybridized carbons (Fsp3) is 0.818. The smallest absolute Gasteiger partial charge is 0.226 e. The highest BCUT2D eigenvalue weighted by atomic mass is 32.1. The van der Waals surface area contributed by atoms with E-state index in [1.54, 1.807) is 0 Å². The second kappa shape index (κ2) is 5.45. The molecule has 1 heterocycles. The fourth-order valence-corrected chi connectivity index (χ4v) is 2.44. The lowest BCUT2D eigenvalue weighted by atomic mass is 10.0. The lowest BCUT2D eigenvalue weighted by molar-refractivity contribution is -0.135. The predicted octanol–water partition coefficient (Wildman–Crippen LogP) is 1.70. The van der Waals surface area contributed by atoms with Crippen LogP contribution in [-0.4, -0.2) is 28.4 Å². The molecule has 4 heteroatoms. The lowest BCUT2D eigenvalue weighted by Gasteiger charge is -2.27. The molecule has 86 valence electrons. The highest BCUT2D eigenvalue weighted by Crippen LogP contribution is 2.22. The summed E-state index contributed by atoms with van der Waals surface area (Å²) in [6.45, 7) is 4.92. The third-order valence-electron chi connectivity index (χ3n) is 3.20. The van der Waals surface area contributed by atoms with Crippen molar-refractivity contribution in [3.63, 3.8) is 0 Å². The van der Waals surface area contributed by atoms with Gasteiger partial charge in [0.15, 0.2) is 0 Å². The summed E-state index contributed by atoms with van der Waals surface area (Å²) < 4.78 is 0. The molecular formula is C11H20N2OS. The maximum atomic E-state index is 12.1. The molecule has 0 aromatic heterocycles. The summed E-state index contributed by atoms with van der Waals surface area (Å²) in [5.41, 5.74) is 5.65. The van der Waals surface area contributed by atoms with E-state index < -0.39 is 0 Å². The third-order valence-corrected chi connectivity index (χ3v) is 3.47. The van der Waals surface area contributed by atoms with Gasteiger partial charge in [-0.25, -0.2) is 0 Å². The van der Waals surface area contributed by atoms with Gasteiger partial charge in [-0.05, 0) is 25.7 Å².